The van der Waals surface area contributed by atoms with Gasteiger partial charge in [0.15, 0.2) is 5.82 Å². The topological polar surface area (TPSA) is 72.0 Å². The maximum atomic E-state index is 9.82. The molecule has 0 bridgehead atoms. The Morgan fingerprint density at radius 3 is 2.53 bits per heavy atom. The minimum atomic E-state index is 0.327. The van der Waals surface area contributed by atoms with Crippen molar-refractivity contribution in [3.8, 4) is 17.1 Å². The van der Waals surface area contributed by atoms with Crippen LogP contribution >= 0.6 is 11.8 Å². The number of nitrogens with two attached hydrogens (primary N) is 1. The van der Waals surface area contributed by atoms with E-state index in [9.17, 15) is 5.11 Å². The fraction of sp³-hybridized carbons (Fsp3) is 0.286. The maximum absolute atomic E-state index is 9.82. The van der Waals surface area contributed by atoms with Gasteiger partial charge >= 0.3 is 0 Å². The maximum Gasteiger partial charge on any atom is 0.161 e. The first-order valence-corrected chi connectivity index (χ1v) is 7.25. The summed E-state index contributed by atoms with van der Waals surface area (Å²) in [5, 5.41) is 9.82. The molecule has 0 atom stereocenters. The van der Waals surface area contributed by atoms with Crippen molar-refractivity contribution in [3.63, 3.8) is 0 Å². The molecule has 3 N–H and O–H groups in total. The number of thioether (sulfide) groups is 1. The van der Waals surface area contributed by atoms with Crippen molar-refractivity contribution < 1.29 is 5.11 Å². The molecule has 0 spiro atoms. The summed E-state index contributed by atoms with van der Waals surface area (Å²) in [6.45, 7) is 3.75. The molecule has 98 valence electrons. The Hall–Kier alpha value is -1.75. The van der Waals surface area contributed by atoms with E-state index in [2.05, 4.69) is 9.97 Å². The van der Waals surface area contributed by atoms with Crippen molar-refractivity contribution in [2.24, 2.45) is 0 Å². The van der Waals surface area contributed by atoms with Gasteiger partial charge in [-0.1, -0.05) is 0 Å². The lowest BCUT2D eigenvalue weighted by molar-refractivity contribution is 0.467. The van der Waals surface area contributed by atoms with Crippen molar-refractivity contribution in [1.82, 2.24) is 9.97 Å². The molecule has 0 unspecified atom stereocenters. The molecule has 1 aromatic heterocycles. The first kappa shape index (κ1) is 12.3. The average molecular weight is 273 g/mol. The Bertz CT molecular complexity index is 647. The third-order valence-corrected chi connectivity index (χ3v) is 4.33. The van der Waals surface area contributed by atoms with Gasteiger partial charge in [0.1, 0.15) is 11.6 Å². The van der Waals surface area contributed by atoms with Crippen LogP contribution in [0.25, 0.3) is 11.4 Å². The smallest absolute Gasteiger partial charge is 0.161 e. The lowest BCUT2D eigenvalue weighted by Gasteiger charge is -2.09. The number of aromatic nitrogens is 2. The van der Waals surface area contributed by atoms with Crippen LogP contribution in [0.2, 0.25) is 0 Å². The van der Waals surface area contributed by atoms with Crippen molar-refractivity contribution in [3.05, 3.63) is 34.5 Å². The number of nitrogen functional groups attached to an aromatic ring is 1. The number of anilines is 1. The molecule has 2 heterocycles. The summed E-state index contributed by atoms with van der Waals surface area (Å²) in [4.78, 5) is 9.00. The summed E-state index contributed by atoms with van der Waals surface area (Å²) in [6, 6.07) is 3.79. The first-order chi connectivity index (χ1) is 9.06. The number of nitrogens with zero attached hydrogens (tertiary/aromatic N) is 2. The molecule has 1 aliphatic rings. The molecule has 1 aromatic carbocycles. The number of phenols is 1. The molecule has 2 aromatic rings. The molecule has 0 aliphatic carbocycles. The Kier molecular flexibility index (Phi) is 2.86. The number of fused-ring (bicyclic) bond motifs is 1. The third-order valence-electron chi connectivity index (χ3n) is 3.36. The summed E-state index contributed by atoms with van der Waals surface area (Å²) < 4.78 is 0. The van der Waals surface area contributed by atoms with E-state index in [0.29, 0.717) is 17.4 Å². The van der Waals surface area contributed by atoms with Gasteiger partial charge in [0.05, 0.1) is 5.69 Å². The number of aromatic hydroxyl groups is 1. The highest BCUT2D eigenvalue weighted by Gasteiger charge is 2.19. The van der Waals surface area contributed by atoms with Gasteiger partial charge in [0.25, 0.3) is 0 Å². The Morgan fingerprint density at radius 1 is 1.16 bits per heavy atom. The van der Waals surface area contributed by atoms with Gasteiger partial charge < -0.3 is 10.8 Å². The van der Waals surface area contributed by atoms with Crippen LogP contribution in [-0.2, 0) is 11.5 Å². The summed E-state index contributed by atoms with van der Waals surface area (Å²) in [5.41, 5.74) is 10.7. The number of rotatable bonds is 1. The summed E-state index contributed by atoms with van der Waals surface area (Å²) >= 11 is 1.81. The van der Waals surface area contributed by atoms with Gasteiger partial charge in [-0.25, -0.2) is 9.97 Å². The quantitative estimate of drug-likeness (QED) is 0.836. The van der Waals surface area contributed by atoms with E-state index in [0.717, 1.165) is 39.5 Å². The fourth-order valence-corrected chi connectivity index (χ4v) is 3.34. The van der Waals surface area contributed by atoms with Crippen molar-refractivity contribution in [2.75, 3.05) is 5.73 Å². The molecule has 3 rings (SSSR count). The van der Waals surface area contributed by atoms with Crippen molar-refractivity contribution in [2.45, 2.75) is 25.4 Å². The van der Waals surface area contributed by atoms with Crippen LogP contribution in [0.1, 0.15) is 22.4 Å². The lowest BCUT2D eigenvalue weighted by atomic mass is 10.0. The zero-order chi connectivity index (χ0) is 13.6. The predicted molar refractivity (Wildman–Crippen MR) is 78.0 cm³/mol. The van der Waals surface area contributed by atoms with Crippen LogP contribution in [0.4, 0.5) is 5.82 Å². The SMILES string of the molecule is Cc1cc(-c2nc(N)c3c(n2)CSC3)cc(C)c1O. The molecule has 0 amide bonds. The van der Waals surface area contributed by atoms with Crippen LogP contribution in [0, 0.1) is 13.8 Å². The number of aryl methyl sites for hydroxylation is 2. The van der Waals surface area contributed by atoms with E-state index < -0.39 is 0 Å². The summed E-state index contributed by atoms with van der Waals surface area (Å²) in [7, 11) is 0. The zero-order valence-electron chi connectivity index (χ0n) is 10.9. The second kappa shape index (κ2) is 4.42. The van der Waals surface area contributed by atoms with Gasteiger partial charge in [-0.05, 0) is 37.1 Å². The normalized spacial score (nSPS) is 13.6. The van der Waals surface area contributed by atoms with Gasteiger partial charge in [0.2, 0.25) is 0 Å². The van der Waals surface area contributed by atoms with Crippen molar-refractivity contribution in [1.29, 1.82) is 0 Å². The highest BCUT2D eigenvalue weighted by atomic mass is 32.2. The van der Waals surface area contributed by atoms with E-state index in [1.54, 1.807) is 0 Å². The van der Waals surface area contributed by atoms with Crippen LogP contribution in [0.15, 0.2) is 12.1 Å². The second-order valence-electron chi connectivity index (χ2n) is 4.81. The largest absolute Gasteiger partial charge is 0.507 e. The molecular weight excluding hydrogens is 258 g/mol. The van der Waals surface area contributed by atoms with Gasteiger partial charge in [-0.2, -0.15) is 11.8 Å². The number of hydrogen-bond acceptors (Lipinski definition) is 5. The molecule has 0 fully saturated rings. The van der Waals surface area contributed by atoms with Crippen LogP contribution < -0.4 is 5.73 Å². The standard InChI is InChI=1S/C14H15N3OS/c1-7-3-9(4-8(2)12(7)18)14-16-11-6-19-5-10(11)13(15)17-14/h3-4,18H,5-6H2,1-2H3,(H2,15,16,17). The summed E-state index contributed by atoms with van der Waals surface area (Å²) in [6.07, 6.45) is 0. The second-order valence-corrected chi connectivity index (χ2v) is 5.79. The molecular formula is C14H15N3OS. The minimum Gasteiger partial charge on any atom is -0.507 e. The van der Waals surface area contributed by atoms with E-state index in [4.69, 9.17) is 5.73 Å². The van der Waals surface area contributed by atoms with Crippen molar-refractivity contribution >= 4 is 17.6 Å². The minimum absolute atomic E-state index is 0.327. The molecule has 0 saturated heterocycles. The van der Waals surface area contributed by atoms with Crippen LogP contribution in [0.5, 0.6) is 5.75 Å². The zero-order valence-corrected chi connectivity index (χ0v) is 11.7. The monoisotopic (exact) mass is 273 g/mol. The van der Waals surface area contributed by atoms with Gasteiger partial charge in [-0.15, -0.1) is 0 Å². The lowest BCUT2D eigenvalue weighted by Crippen LogP contribution is -2.03. The Morgan fingerprint density at radius 2 is 1.84 bits per heavy atom. The Labute approximate surface area is 116 Å². The fourth-order valence-electron chi connectivity index (χ4n) is 2.29. The van der Waals surface area contributed by atoms with Gasteiger partial charge in [-0.3, -0.25) is 0 Å². The number of phenolic OH excluding ortho intramolecular Hbond substituents is 1. The van der Waals surface area contributed by atoms with E-state index in [-0.39, 0.29) is 0 Å². The molecule has 1 aliphatic heterocycles. The first-order valence-electron chi connectivity index (χ1n) is 6.10. The van der Waals surface area contributed by atoms with Gasteiger partial charge in [0, 0.05) is 22.6 Å². The highest BCUT2D eigenvalue weighted by molar-refractivity contribution is 7.98. The third kappa shape index (κ3) is 2.04. The van der Waals surface area contributed by atoms with E-state index in [1.807, 2.05) is 37.7 Å². The molecule has 0 saturated carbocycles. The average Bonchev–Trinajstić information content (AvgIpc) is 2.84. The number of benzene rings is 1. The molecule has 4 nitrogen and oxygen atoms in total. The predicted octanol–water partition coefficient (Wildman–Crippen LogP) is 2.80. The van der Waals surface area contributed by atoms with E-state index in [1.165, 1.54) is 0 Å². The molecule has 19 heavy (non-hydrogen) atoms. The van der Waals surface area contributed by atoms with Crippen LogP contribution in [-0.4, -0.2) is 15.1 Å². The molecule has 5 heteroatoms. The Balaban J connectivity index is 2.15. The number of hydrogen-bond donors (Lipinski definition) is 2. The molecule has 0 radical (unpaired) electrons. The van der Waals surface area contributed by atoms with E-state index >= 15 is 0 Å². The van der Waals surface area contributed by atoms with Crippen LogP contribution in [0.3, 0.4) is 0 Å². The summed E-state index contributed by atoms with van der Waals surface area (Å²) in [5.74, 6) is 3.34. The highest BCUT2D eigenvalue weighted by Crippen LogP contribution is 2.34.